The summed E-state index contributed by atoms with van der Waals surface area (Å²) in [5.41, 5.74) is 2.74. The zero-order chi connectivity index (χ0) is 20.4. The van der Waals surface area contributed by atoms with Gasteiger partial charge in [-0.1, -0.05) is 54.2 Å². The van der Waals surface area contributed by atoms with Crippen molar-refractivity contribution in [1.82, 2.24) is 9.97 Å². The molecule has 0 aliphatic heterocycles. The molecule has 146 valence electrons. The third-order valence-corrected chi connectivity index (χ3v) is 6.57. The van der Waals surface area contributed by atoms with Gasteiger partial charge in [0.2, 0.25) is 0 Å². The van der Waals surface area contributed by atoms with Gasteiger partial charge < -0.3 is 9.84 Å². The maximum absolute atomic E-state index is 12.0. The number of carboxylic acids is 1. The molecule has 1 unspecified atom stereocenters. The first-order chi connectivity index (χ1) is 14.1. The zero-order valence-electron chi connectivity index (χ0n) is 15.8. The predicted molar refractivity (Wildman–Crippen MR) is 117 cm³/mol. The number of nitrogens with zero attached hydrogens (tertiary/aromatic N) is 2. The standard InChI is InChI=1S/C22H18N2O3S2/c1-13-23-20-18(17(12-28-20)14-8-10-16(27-2)11-9-14)21(24-13)29-19(22(25)26)15-6-4-3-5-7-15/h3-12,19H,1-2H3,(H,25,26). The van der Waals surface area contributed by atoms with Crippen LogP contribution in [0.2, 0.25) is 0 Å². The summed E-state index contributed by atoms with van der Waals surface area (Å²) in [5, 5.41) is 12.7. The van der Waals surface area contributed by atoms with Gasteiger partial charge in [0.15, 0.2) is 0 Å². The highest BCUT2D eigenvalue weighted by atomic mass is 32.2. The highest BCUT2D eigenvalue weighted by Crippen LogP contribution is 2.43. The fraction of sp³-hybridized carbons (Fsp3) is 0.136. The van der Waals surface area contributed by atoms with E-state index < -0.39 is 11.2 Å². The molecular formula is C22H18N2O3S2. The van der Waals surface area contributed by atoms with Crippen LogP contribution in [0.25, 0.3) is 21.3 Å². The molecule has 29 heavy (non-hydrogen) atoms. The molecule has 5 nitrogen and oxygen atoms in total. The van der Waals surface area contributed by atoms with Crippen LogP contribution in [0.15, 0.2) is 65.0 Å². The molecule has 0 fully saturated rings. The van der Waals surface area contributed by atoms with Gasteiger partial charge in [0.25, 0.3) is 0 Å². The smallest absolute Gasteiger partial charge is 0.321 e. The number of rotatable bonds is 6. The minimum absolute atomic E-state index is 0.625. The molecule has 0 aliphatic carbocycles. The number of aliphatic carboxylic acids is 1. The van der Waals surface area contributed by atoms with E-state index >= 15 is 0 Å². The van der Waals surface area contributed by atoms with Crippen molar-refractivity contribution >= 4 is 39.3 Å². The number of aryl methyl sites for hydroxylation is 1. The average molecular weight is 423 g/mol. The van der Waals surface area contributed by atoms with E-state index in [9.17, 15) is 9.90 Å². The quantitative estimate of drug-likeness (QED) is 0.322. The van der Waals surface area contributed by atoms with E-state index in [1.54, 1.807) is 7.11 Å². The van der Waals surface area contributed by atoms with E-state index in [0.717, 1.165) is 32.7 Å². The van der Waals surface area contributed by atoms with E-state index in [0.29, 0.717) is 10.9 Å². The maximum Gasteiger partial charge on any atom is 0.321 e. The van der Waals surface area contributed by atoms with Gasteiger partial charge in [0.1, 0.15) is 26.7 Å². The van der Waals surface area contributed by atoms with Gasteiger partial charge in [-0.05, 0) is 30.2 Å². The summed E-state index contributed by atoms with van der Waals surface area (Å²) in [6.45, 7) is 1.83. The minimum Gasteiger partial charge on any atom is -0.497 e. The molecule has 4 rings (SSSR count). The van der Waals surface area contributed by atoms with E-state index in [-0.39, 0.29) is 0 Å². The Bertz CT molecular complexity index is 1160. The summed E-state index contributed by atoms with van der Waals surface area (Å²) in [5.74, 6) is 0.511. The number of fused-ring (bicyclic) bond motifs is 1. The molecule has 7 heteroatoms. The number of carbonyl (C=O) groups is 1. The molecule has 0 saturated carbocycles. The van der Waals surface area contributed by atoms with Crippen LogP contribution in [0.5, 0.6) is 5.75 Å². The van der Waals surface area contributed by atoms with Crippen molar-refractivity contribution in [1.29, 1.82) is 0 Å². The van der Waals surface area contributed by atoms with Crippen molar-refractivity contribution in [2.75, 3.05) is 7.11 Å². The maximum atomic E-state index is 12.0. The molecule has 0 spiro atoms. The Morgan fingerprint density at radius 2 is 1.83 bits per heavy atom. The molecule has 2 heterocycles. The second-order valence-corrected chi connectivity index (χ2v) is 8.33. The third-order valence-electron chi connectivity index (χ3n) is 4.47. The number of benzene rings is 2. The summed E-state index contributed by atoms with van der Waals surface area (Å²) in [4.78, 5) is 22.0. The van der Waals surface area contributed by atoms with Crippen LogP contribution in [0.3, 0.4) is 0 Å². The van der Waals surface area contributed by atoms with Crippen LogP contribution in [0.4, 0.5) is 0 Å². The molecule has 0 radical (unpaired) electrons. The van der Waals surface area contributed by atoms with Crippen molar-refractivity contribution in [3.8, 4) is 16.9 Å². The number of carboxylic acid groups (broad SMARTS) is 1. The Kier molecular flexibility index (Phi) is 5.51. The van der Waals surface area contributed by atoms with E-state index in [2.05, 4.69) is 9.97 Å². The minimum atomic E-state index is -0.896. The molecule has 1 atom stereocenters. The van der Waals surface area contributed by atoms with Crippen LogP contribution in [-0.2, 0) is 4.79 Å². The highest BCUT2D eigenvalue weighted by Gasteiger charge is 2.25. The summed E-state index contributed by atoms with van der Waals surface area (Å²) in [6.07, 6.45) is 0. The summed E-state index contributed by atoms with van der Waals surface area (Å²) in [6, 6.07) is 17.0. The van der Waals surface area contributed by atoms with Crippen molar-refractivity contribution in [3.05, 3.63) is 71.4 Å². The van der Waals surface area contributed by atoms with Gasteiger partial charge in [-0.2, -0.15) is 0 Å². The van der Waals surface area contributed by atoms with Crippen molar-refractivity contribution in [2.45, 2.75) is 17.2 Å². The van der Waals surface area contributed by atoms with Crippen molar-refractivity contribution in [2.24, 2.45) is 0 Å². The number of thioether (sulfide) groups is 1. The highest BCUT2D eigenvalue weighted by molar-refractivity contribution is 8.00. The summed E-state index contributed by atoms with van der Waals surface area (Å²) >= 11 is 2.78. The van der Waals surface area contributed by atoms with Gasteiger partial charge in [-0.15, -0.1) is 11.3 Å². The number of aromatic nitrogens is 2. The number of methoxy groups -OCH3 is 1. The normalized spacial score (nSPS) is 12.1. The fourth-order valence-electron chi connectivity index (χ4n) is 3.08. The summed E-state index contributed by atoms with van der Waals surface area (Å²) in [7, 11) is 1.63. The molecule has 0 saturated heterocycles. The van der Waals surface area contributed by atoms with Crippen LogP contribution >= 0.6 is 23.1 Å². The Morgan fingerprint density at radius 3 is 2.48 bits per heavy atom. The van der Waals surface area contributed by atoms with Gasteiger partial charge >= 0.3 is 5.97 Å². The van der Waals surface area contributed by atoms with Crippen LogP contribution < -0.4 is 4.74 Å². The van der Waals surface area contributed by atoms with E-state index in [1.165, 1.54) is 23.1 Å². The molecule has 0 amide bonds. The van der Waals surface area contributed by atoms with Gasteiger partial charge in [-0.3, -0.25) is 4.79 Å². The molecule has 2 aromatic heterocycles. The fourth-order valence-corrected chi connectivity index (χ4v) is 5.26. The number of hydrogen-bond donors (Lipinski definition) is 1. The lowest BCUT2D eigenvalue weighted by molar-refractivity contribution is -0.136. The first-order valence-electron chi connectivity index (χ1n) is 8.91. The number of thiophene rings is 1. The molecule has 4 aromatic rings. The lowest BCUT2D eigenvalue weighted by Crippen LogP contribution is -2.08. The first-order valence-corrected chi connectivity index (χ1v) is 10.7. The van der Waals surface area contributed by atoms with Crippen LogP contribution in [-0.4, -0.2) is 28.2 Å². The Morgan fingerprint density at radius 1 is 1.10 bits per heavy atom. The van der Waals surface area contributed by atoms with Gasteiger partial charge in [0, 0.05) is 10.9 Å². The number of ether oxygens (including phenoxy) is 1. The van der Waals surface area contributed by atoms with Crippen LogP contribution in [0, 0.1) is 6.92 Å². The Hall–Kier alpha value is -2.90. The molecule has 2 aromatic carbocycles. The molecule has 0 aliphatic rings. The van der Waals surface area contributed by atoms with Crippen molar-refractivity contribution < 1.29 is 14.6 Å². The summed E-state index contributed by atoms with van der Waals surface area (Å²) < 4.78 is 5.25. The lowest BCUT2D eigenvalue weighted by Gasteiger charge is -2.14. The Balaban J connectivity index is 1.83. The van der Waals surface area contributed by atoms with Crippen LogP contribution in [0.1, 0.15) is 16.6 Å². The zero-order valence-corrected chi connectivity index (χ0v) is 17.5. The number of hydrogen-bond acceptors (Lipinski definition) is 6. The third kappa shape index (κ3) is 3.97. The second kappa shape index (κ2) is 8.23. The SMILES string of the molecule is COc1ccc(-c2csc3nc(C)nc(SC(C(=O)O)c4ccccc4)c23)cc1. The van der Waals surface area contributed by atoms with Crippen molar-refractivity contribution in [3.63, 3.8) is 0 Å². The molecule has 1 N–H and O–H groups in total. The molecular weight excluding hydrogens is 404 g/mol. The largest absolute Gasteiger partial charge is 0.497 e. The average Bonchev–Trinajstić information content (AvgIpc) is 3.16. The first kappa shape index (κ1) is 19.4. The van der Waals surface area contributed by atoms with E-state index in [4.69, 9.17) is 4.74 Å². The second-order valence-electron chi connectivity index (χ2n) is 6.38. The monoisotopic (exact) mass is 422 g/mol. The van der Waals surface area contributed by atoms with E-state index in [1.807, 2.05) is 66.9 Å². The Labute approximate surface area is 176 Å². The van der Waals surface area contributed by atoms with Gasteiger partial charge in [-0.25, -0.2) is 9.97 Å². The van der Waals surface area contributed by atoms with Gasteiger partial charge in [0.05, 0.1) is 12.5 Å². The molecule has 0 bridgehead atoms. The topological polar surface area (TPSA) is 72.3 Å². The lowest BCUT2D eigenvalue weighted by atomic mass is 10.1. The predicted octanol–water partition coefficient (Wildman–Crippen LogP) is 5.59.